The third-order valence-electron chi connectivity index (χ3n) is 6.11. The highest BCUT2D eigenvalue weighted by atomic mass is 32.2. The molecule has 0 bridgehead atoms. The predicted octanol–water partition coefficient (Wildman–Crippen LogP) is 4.33. The van der Waals surface area contributed by atoms with Crippen LogP contribution in [0.15, 0.2) is 79.1 Å². The van der Waals surface area contributed by atoms with Gasteiger partial charge in [0.15, 0.2) is 5.78 Å². The van der Waals surface area contributed by atoms with Gasteiger partial charge in [-0.2, -0.15) is 4.31 Å². The van der Waals surface area contributed by atoms with Crippen LogP contribution in [0.1, 0.15) is 28.8 Å². The van der Waals surface area contributed by atoms with Crippen molar-refractivity contribution in [3.8, 4) is 11.5 Å². The Morgan fingerprint density at radius 2 is 1.86 bits per heavy atom. The summed E-state index contributed by atoms with van der Waals surface area (Å²) in [5, 5.41) is 4.87. The van der Waals surface area contributed by atoms with Crippen LogP contribution in [0.2, 0.25) is 0 Å². The fraction of sp³-hybridized carbons (Fsp3) is 0.192. The van der Waals surface area contributed by atoms with Crippen LogP contribution in [-0.4, -0.2) is 52.6 Å². The van der Waals surface area contributed by atoms with E-state index in [1.165, 1.54) is 10.6 Å². The van der Waals surface area contributed by atoms with Crippen molar-refractivity contribution in [3.63, 3.8) is 0 Å². The molecule has 184 valence electrons. The maximum absolute atomic E-state index is 13.4. The summed E-state index contributed by atoms with van der Waals surface area (Å²) in [7, 11) is -3.51. The molecule has 2 N–H and O–H groups in total. The molecule has 1 aliphatic rings. The van der Waals surface area contributed by atoms with Gasteiger partial charge in [-0.3, -0.25) is 4.79 Å². The molecule has 1 fully saturated rings. The highest BCUT2D eigenvalue weighted by Gasteiger charge is 2.28. The Kier molecular flexibility index (Phi) is 6.53. The van der Waals surface area contributed by atoms with Crippen LogP contribution in [0.5, 0.6) is 11.5 Å². The summed E-state index contributed by atoms with van der Waals surface area (Å²) < 4.78 is 31.7. The molecule has 1 atom stereocenters. The summed E-state index contributed by atoms with van der Waals surface area (Å²) in [6, 6.07) is 16.2. The Morgan fingerprint density at radius 3 is 2.61 bits per heavy atom. The average Bonchev–Trinajstić information content (AvgIpc) is 3.35. The minimum absolute atomic E-state index is 0.168. The number of aromatic amines is 1. The highest BCUT2D eigenvalue weighted by Crippen LogP contribution is 2.29. The number of ketones is 1. The minimum atomic E-state index is -3.51. The Labute approximate surface area is 208 Å². The fourth-order valence-electron chi connectivity index (χ4n) is 4.30. The number of carbonyl (C=O) groups is 1. The van der Waals surface area contributed by atoms with Crippen LogP contribution in [0, 0.1) is 0 Å². The van der Waals surface area contributed by atoms with E-state index in [1.54, 1.807) is 30.5 Å². The molecule has 0 spiro atoms. The third kappa shape index (κ3) is 4.86. The number of piperidine rings is 1. The number of para-hydroxylation sites is 1. The van der Waals surface area contributed by atoms with Crippen molar-refractivity contribution in [1.82, 2.24) is 19.3 Å². The first kappa shape index (κ1) is 23.7. The molecule has 36 heavy (non-hydrogen) atoms. The number of H-pyrrole nitrogens is 1. The minimum Gasteiger partial charge on any atom is -0.457 e. The van der Waals surface area contributed by atoms with Gasteiger partial charge in [-0.15, -0.1) is 0 Å². The maximum Gasteiger partial charge on any atom is 0.235 e. The molecule has 2 aromatic heterocycles. The molecule has 5 rings (SSSR count). The van der Waals surface area contributed by atoms with E-state index in [1.807, 2.05) is 30.3 Å². The van der Waals surface area contributed by atoms with Crippen molar-refractivity contribution in [2.45, 2.75) is 18.9 Å². The first-order valence-corrected chi connectivity index (χ1v) is 13.0. The number of nitrogens with one attached hydrogen (secondary N) is 2. The number of nitrogens with zero attached hydrogens (tertiary/aromatic N) is 3. The molecule has 0 aliphatic carbocycles. The quantitative estimate of drug-likeness (QED) is 0.344. The van der Waals surface area contributed by atoms with E-state index >= 15 is 0 Å². The number of benzene rings is 2. The summed E-state index contributed by atoms with van der Waals surface area (Å²) in [5.74, 6) is 1.63. The SMILES string of the molecule is C=CS(=O)(=O)N1CCCC(Nc2ncnc3[nH]cc(C(=O)c4ccc(Oc5ccccc5)cc4)c23)C1. The molecular formula is C26H25N5O4S. The van der Waals surface area contributed by atoms with E-state index in [9.17, 15) is 13.2 Å². The lowest BCUT2D eigenvalue weighted by Gasteiger charge is -2.31. The Morgan fingerprint density at radius 1 is 1.11 bits per heavy atom. The molecule has 1 unspecified atom stereocenters. The topological polar surface area (TPSA) is 117 Å². The van der Waals surface area contributed by atoms with Gasteiger partial charge in [0, 0.05) is 36.3 Å². The van der Waals surface area contributed by atoms with Gasteiger partial charge in [-0.05, 0) is 49.2 Å². The second kappa shape index (κ2) is 9.92. The number of aromatic nitrogens is 3. The van der Waals surface area contributed by atoms with E-state index in [4.69, 9.17) is 4.74 Å². The van der Waals surface area contributed by atoms with Gasteiger partial charge >= 0.3 is 0 Å². The normalized spacial score (nSPS) is 16.5. The van der Waals surface area contributed by atoms with Gasteiger partial charge in [-0.25, -0.2) is 18.4 Å². The van der Waals surface area contributed by atoms with Crippen molar-refractivity contribution < 1.29 is 17.9 Å². The van der Waals surface area contributed by atoms with Crippen molar-refractivity contribution in [1.29, 1.82) is 0 Å². The Bertz CT molecular complexity index is 1500. The molecule has 4 aromatic rings. The highest BCUT2D eigenvalue weighted by molar-refractivity contribution is 7.92. The second-order valence-corrected chi connectivity index (χ2v) is 10.3. The summed E-state index contributed by atoms with van der Waals surface area (Å²) >= 11 is 0. The maximum atomic E-state index is 13.4. The molecule has 3 heterocycles. The molecule has 0 radical (unpaired) electrons. The molecule has 2 aromatic carbocycles. The van der Waals surface area contributed by atoms with Gasteiger partial charge < -0.3 is 15.0 Å². The summed E-state index contributed by atoms with van der Waals surface area (Å²) in [6.45, 7) is 4.15. The van der Waals surface area contributed by atoms with Crippen LogP contribution in [0.4, 0.5) is 5.82 Å². The molecule has 0 saturated carbocycles. The smallest absolute Gasteiger partial charge is 0.235 e. The first-order chi connectivity index (χ1) is 17.4. The summed E-state index contributed by atoms with van der Waals surface area (Å²) in [5.41, 5.74) is 1.44. The largest absolute Gasteiger partial charge is 0.457 e. The van der Waals surface area contributed by atoms with Crippen molar-refractivity contribution in [2.75, 3.05) is 18.4 Å². The second-order valence-electron chi connectivity index (χ2n) is 8.47. The van der Waals surface area contributed by atoms with Crippen molar-refractivity contribution >= 4 is 32.7 Å². The number of rotatable bonds is 8. The zero-order valence-electron chi connectivity index (χ0n) is 19.4. The van der Waals surface area contributed by atoms with E-state index < -0.39 is 10.0 Å². The number of hydrogen-bond donors (Lipinski definition) is 2. The Balaban J connectivity index is 1.38. The van der Waals surface area contributed by atoms with E-state index in [-0.39, 0.29) is 18.4 Å². The zero-order chi connectivity index (χ0) is 25.1. The van der Waals surface area contributed by atoms with Gasteiger partial charge in [-0.1, -0.05) is 24.8 Å². The van der Waals surface area contributed by atoms with Crippen LogP contribution >= 0.6 is 0 Å². The lowest BCUT2D eigenvalue weighted by Crippen LogP contribution is -2.44. The Hall–Kier alpha value is -4.02. The van der Waals surface area contributed by atoms with Gasteiger partial charge in [0.1, 0.15) is 29.3 Å². The van der Waals surface area contributed by atoms with Crippen molar-refractivity contribution in [2.24, 2.45) is 0 Å². The fourth-order valence-corrected chi connectivity index (χ4v) is 5.28. The van der Waals surface area contributed by atoms with Gasteiger partial charge in [0.05, 0.1) is 10.9 Å². The number of hydrogen-bond acceptors (Lipinski definition) is 7. The lowest BCUT2D eigenvalue weighted by molar-refractivity contribution is 0.104. The molecule has 9 nitrogen and oxygen atoms in total. The zero-order valence-corrected chi connectivity index (χ0v) is 20.2. The van der Waals surface area contributed by atoms with Crippen molar-refractivity contribution in [3.05, 3.63) is 90.2 Å². The van der Waals surface area contributed by atoms with Crippen LogP contribution in [0.3, 0.4) is 0 Å². The van der Waals surface area contributed by atoms with Gasteiger partial charge in [0.25, 0.3) is 0 Å². The lowest BCUT2D eigenvalue weighted by atomic mass is 10.0. The monoisotopic (exact) mass is 503 g/mol. The van der Waals surface area contributed by atoms with Crippen LogP contribution in [0.25, 0.3) is 11.0 Å². The molecule has 1 saturated heterocycles. The van der Waals surface area contributed by atoms with E-state index in [2.05, 4.69) is 26.8 Å². The first-order valence-electron chi connectivity index (χ1n) is 11.5. The summed E-state index contributed by atoms with van der Waals surface area (Å²) in [4.78, 5) is 25.1. The summed E-state index contributed by atoms with van der Waals surface area (Å²) in [6.07, 6.45) is 4.50. The van der Waals surface area contributed by atoms with Crippen LogP contribution in [-0.2, 0) is 10.0 Å². The predicted molar refractivity (Wildman–Crippen MR) is 138 cm³/mol. The molecule has 1 aliphatic heterocycles. The molecule has 10 heteroatoms. The molecule has 0 amide bonds. The number of anilines is 1. The number of carbonyl (C=O) groups excluding carboxylic acids is 1. The van der Waals surface area contributed by atoms with Gasteiger partial charge in [0.2, 0.25) is 10.0 Å². The number of sulfonamides is 1. The third-order valence-corrected chi connectivity index (χ3v) is 7.58. The number of ether oxygens (including phenoxy) is 1. The molecular weight excluding hydrogens is 478 g/mol. The van der Waals surface area contributed by atoms with E-state index in [0.29, 0.717) is 52.4 Å². The van der Waals surface area contributed by atoms with Crippen LogP contribution < -0.4 is 10.1 Å². The average molecular weight is 504 g/mol. The number of fused-ring (bicyclic) bond motifs is 1. The standard InChI is InChI=1S/C26H25N5O4S/c1-2-36(33,34)31-14-6-7-19(16-31)30-26-23-22(15-27-25(23)28-17-29-26)24(32)18-10-12-21(13-11-18)35-20-8-4-3-5-9-20/h2-5,8-13,15,17,19H,1,6-7,14,16H2,(H2,27,28,29,30). The van der Waals surface area contributed by atoms with E-state index in [0.717, 1.165) is 11.8 Å².